The standard InChI is InChI=1S/C15H21ClFN/c1-2-3-11(10-18-14-5-6-14)8-12-9-13(17)4-7-15(12)16/h4,7,9,11,14,18H,2-3,5-6,8,10H2,1H3. The van der Waals surface area contributed by atoms with Gasteiger partial charge in [0.1, 0.15) is 5.82 Å². The highest BCUT2D eigenvalue weighted by Crippen LogP contribution is 2.24. The maximum absolute atomic E-state index is 13.2. The van der Waals surface area contributed by atoms with E-state index < -0.39 is 0 Å². The molecule has 0 spiro atoms. The number of benzene rings is 1. The molecular formula is C15H21ClFN. The molecule has 3 heteroatoms. The van der Waals surface area contributed by atoms with Crippen molar-refractivity contribution in [3.05, 3.63) is 34.6 Å². The lowest BCUT2D eigenvalue weighted by atomic mass is 9.95. The Bertz CT molecular complexity index is 390. The molecule has 1 aliphatic rings. The van der Waals surface area contributed by atoms with Gasteiger partial charge in [0.05, 0.1) is 0 Å². The van der Waals surface area contributed by atoms with Gasteiger partial charge in [-0.05, 0) is 61.9 Å². The molecule has 1 saturated carbocycles. The van der Waals surface area contributed by atoms with Crippen LogP contribution in [0.3, 0.4) is 0 Å². The van der Waals surface area contributed by atoms with Crippen LogP contribution in [-0.4, -0.2) is 12.6 Å². The quantitative estimate of drug-likeness (QED) is 0.783. The first-order valence-corrected chi connectivity index (χ1v) is 7.24. The molecule has 1 unspecified atom stereocenters. The predicted octanol–water partition coefficient (Wildman–Crippen LogP) is 4.19. The van der Waals surface area contributed by atoms with E-state index in [4.69, 9.17) is 11.6 Å². The lowest BCUT2D eigenvalue weighted by Crippen LogP contribution is -2.26. The largest absolute Gasteiger partial charge is 0.314 e. The average molecular weight is 270 g/mol. The summed E-state index contributed by atoms with van der Waals surface area (Å²) in [5, 5.41) is 4.24. The van der Waals surface area contributed by atoms with E-state index in [0.29, 0.717) is 10.9 Å². The molecule has 1 fully saturated rings. The zero-order chi connectivity index (χ0) is 13.0. The van der Waals surface area contributed by atoms with Crippen LogP contribution < -0.4 is 5.32 Å². The monoisotopic (exact) mass is 269 g/mol. The second kappa shape index (κ2) is 6.53. The van der Waals surface area contributed by atoms with E-state index in [1.54, 1.807) is 12.1 Å². The molecule has 1 aromatic rings. The summed E-state index contributed by atoms with van der Waals surface area (Å²) in [4.78, 5) is 0. The highest BCUT2D eigenvalue weighted by atomic mass is 35.5. The Morgan fingerprint density at radius 2 is 2.22 bits per heavy atom. The Kier molecular flexibility index (Phi) is 5.02. The van der Waals surface area contributed by atoms with Crippen molar-refractivity contribution in [3.8, 4) is 0 Å². The molecule has 0 aromatic heterocycles. The smallest absolute Gasteiger partial charge is 0.123 e. The van der Waals surface area contributed by atoms with Crippen molar-refractivity contribution in [2.75, 3.05) is 6.54 Å². The molecule has 0 aliphatic heterocycles. The molecule has 1 atom stereocenters. The minimum Gasteiger partial charge on any atom is -0.314 e. The summed E-state index contributed by atoms with van der Waals surface area (Å²) in [5.74, 6) is 0.356. The summed E-state index contributed by atoms with van der Waals surface area (Å²) in [5.41, 5.74) is 0.938. The van der Waals surface area contributed by atoms with Crippen molar-refractivity contribution in [1.29, 1.82) is 0 Å². The maximum atomic E-state index is 13.2. The Balaban J connectivity index is 1.94. The van der Waals surface area contributed by atoms with Gasteiger partial charge < -0.3 is 5.32 Å². The molecule has 1 aromatic carbocycles. The van der Waals surface area contributed by atoms with Crippen molar-refractivity contribution in [1.82, 2.24) is 5.32 Å². The van der Waals surface area contributed by atoms with E-state index in [9.17, 15) is 4.39 Å². The summed E-state index contributed by atoms with van der Waals surface area (Å²) in [6.45, 7) is 3.21. The number of hydrogen-bond donors (Lipinski definition) is 1. The van der Waals surface area contributed by atoms with Crippen LogP contribution in [0.4, 0.5) is 4.39 Å². The van der Waals surface area contributed by atoms with E-state index in [-0.39, 0.29) is 5.82 Å². The Morgan fingerprint density at radius 3 is 2.89 bits per heavy atom. The first-order chi connectivity index (χ1) is 8.69. The molecular weight excluding hydrogens is 249 g/mol. The minimum atomic E-state index is -0.195. The zero-order valence-corrected chi connectivity index (χ0v) is 11.6. The Hall–Kier alpha value is -0.600. The average Bonchev–Trinajstić information content (AvgIpc) is 3.15. The van der Waals surface area contributed by atoms with Gasteiger partial charge in [0.2, 0.25) is 0 Å². The lowest BCUT2D eigenvalue weighted by Gasteiger charge is -2.17. The van der Waals surface area contributed by atoms with Gasteiger partial charge in [0.15, 0.2) is 0 Å². The van der Waals surface area contributed by atoms with Crippen LogP contribution >= 0.6 is 11.6 Å². The van der Waals surface area contributed by atoms with Crippen LogP contribution in [0.2, 0.25) is 5.02 Å². The van der Waals surface area contributed by atoms with Crippen molar-refractivity contribution >= 4 is 11.6 Å². The number of halogens is 2. The van der Waals surface area contributed by atoms with Crippen molar-refractivity contribution in [2.24, 2.45) is 5.92 Å². The molecule has 0 heterocycles. The van der Waals surface area contributed by atoms with Gasteiger partial charge in [-0.25, -0.2) is 4.39 Å². The summed E-state index contributed by atoms with van der Waals surface area (Å²) < 4.78 is 13.2. The van der Waals surface area contributed by atoms with Crippen LogP contribution in [0.1, 0.15) is 38.2 Å². The van der Waals surface area contributed by atoms with Crippen LogP contribution in [0.25, 0.3) is 0 Å². The maximum Gasteiger partial charge on any atom is 0.123 e. The molecule has 1 N–H and O–H groups in total. The molecule has 0 amide bonds. The van der Waals surface area contributed by atoms with Crippen LogP contribution in [0.5, 0.6) is 0 Å². The first-order valence-electron chi connectivity index (χ1n) is 6.86. The van der Waals surface area contributed by atoms with Gasteiger partial charge in [0, 0.05) is 11.1 Å². The molecule has 0 bridgehead atoms. The van der Waals surface area contributed by atoms with Gasteiger partial charge >= 0.3 is 0 Å². The van der Waals surface area contributed by atoms with Gasteiger partial charge in [-0.2, -0.15) is 0 Å². The van der Waals surface area contributed by atoms with Crippen molar-refractivity contribution < 1.29 is 4.39 Å². The van der Waals surface area contributed by atoms with E-state index >= 15 is 0 Å². The van der Waals surface area contributed by atoms with E-state index in [1.165, 1.54) is 18.9 Å². The van der Waals surface area contributed by atoms with Gasteiger partial charge in [-0.1, -0.05) is 24.9 Å². The van der Waals surface area contributed by atoms with E-state index in [0.717, 1.165) is 37.4 Å². The molecule has 1 aliphatic carbocycles. The number of nitrogens with one attached hydrogen (secondary N) is 1. The van der Waals surface area contributed by atoms with Crippen molar-refractivity contribution in [3.63, 3.8) is 0 Å². The van der Waals surface area contributed by atoms with E-state index in [2.05, 4.69) is 12.2 Å². The second-order valence-corrected chi connectivity index (χ2v) is 5.68. The molecule has 0 saturated heterocycles. The summed E-state index contributed by atoms with van der Waals surface area (Å²) in [6.07, 6.45) is 5.79. The molecule has 0 radical (unpaired) electrons. The predicted molar refractivity (Wildman–Crippen MR) is 74.5 cm³/mol. The van der Waals surface area contributed by atoms with Crippen LogP contribution in [0, 0.1) is 11.7 Å². The summed E-state index contributed by atoms with van der Waals surface area (Å²) in [7, 11) is 0. The summed E-state index contributed by atoms with van der Waals surface area (Å²) in [6, 6.07) is 5.38. The van der Waals surface area contributed by atoms with Gasteiger partial charge in [-0.15, -0.1) is 0 Å². The third-order valence-corrected chi connectivity index (χ3v) is 3.85. The summed E-state index contributed by atoms with van der Waals surface area (Å²) >= 11 is 6.13. The fourth-order valence-corrected chi connectivity index (χ4v) is 2.51. The highest BCUT2D eigenvalue weighted by Gasteiger charge is 2.22. The van der Waals surface area contributed by atoms with Crippen molar-refractivity contribution in [2.45, 2.75) is 45.1 Å². The third-order valence-electron chi connectivity index (χ3n) is 3.49. The molecule has 2 rings (SSSR count). The lowest BCUT2D eigenvalue weighted by molar-refractivity contribution is 0.436. The SMILES string of the molecule is CCCC(CNC1CC1)Cc1cc(F)ccc1Cl. The third kappa shape index (κ3) is 4.25. The minimum absolute atomic E-state index is 0.195. The highest BCUT2D eigenvalue weighted by molar-refractivity contribution is 6.31. The molecule has 1 nitrogen and oxygen atoms in total. The van der Waals surface area contributed by atoms with Gasteiger partial charge in [0.25, 0.3) is 0 Å². The number of rotatable bonds is 7. The topological polar surface area (TPSA) is 12.0 Å². The zero-order valence-electron chi connectivity index (χ0n) is 10.9. The molecule has 100 valence electrons. The second-order valence-electron chi connectivity index (χ2n) is 5.28. The van der Waals surface area contributed by atoms with Crippen LogP contribution in [0.15, 0.2) is 18.2 Å². The fraction of sp³-hybridized carbons (Fsp3) is 0.600. The molecule has 18 heavy (non-hydrogen) atoms. The normalized spacial score (nSPS) is 16.8. The van der Waals surface area contributed by atoms with Crippen LogP contribution in [-0.2, 0) is 6.42 Å². The Labute approximate surface area is 114 Å². The Morgan fingerprint density at radius 1 is 1.44 bits per heavy atom. The van der Waals surface area contributed by atoms with Gasteiger partial charge in [-0.3, -0.25) is 0 Å². The van der Waals surface area contributed by atoms with E-state index in [1.807, 2.05) is 0 Å². The fourth-order valence-electron chi connectivity index (χ4n) is 2.32. The first kappa shape index (κ1) is 13.8. The number of hydrogen-bond acceptors (Lipinski definition) is 1.